The molecule has 0 bridgehead atoms. The number of carbonyl (C=O) groups is 2. The molecule has 5 nitrogen and oxygen atoms in total. The third kappa shape index (κ3) is 7.02. The predicted molar refractivity (Wildman–Crippen MR) is 95.7 cm³/mol. The van der Waals surface area contributed by atoms with Crippen LogP contribution in [0.4, 0.5) is 4.79 Å². The summed E-state index contributed by atoms with van der Waals surface area (Å²) >= 11 is 0. The Balaban J connectivity index is 1.52. The zero-order valence-corrected chi connectivity index (χ0v) is 14.6. The summed E-state index contributed by atoms with van der Waals surface area (Å²) in [4.78, 5) is 23.6. The van der Waals surface area contributed by atoms with Crippen LogP contribution in [-0.2, 0) is 11.3 Å². The number of carbonyl (C=O) groups excluding carboxylic acids is 2. The molecule has 1 aromatic carbocycles. The average Bonchev–Trinajstić information content (AvgIpc) is 2.59. The van der Waals surface area contributed by atoms with E-state index in [0.717, 1.165) is 18.4 Å². The second-order valence-electron chi connectivity index (χ2n) is 6.60. The Morgan fingerprint density at radius 1 is 1.04 bits per heavy atom. The van der Waals surface area contributed by atoms with Gasteiger partial charge in [0.2, 0.25) is 5.91 Å². The average molecular weight is 331 g/mol. The van der Waals surface area contributed by atoms with Crippen molar-refractivity contribution in [3.8, 4) is 0 Å². The van der Waals surface area contributed by atoms with Crippen LogP contribution in [0.25, 0.3) is 0 Å². The van der Waals surface area contributed by atoms with Gasteiger partial charge >= 0.3 is 6.03 Å². The van der Waals surface area contributed by atoms with Gasteiger partial charge in [-0.05, 0) is 31.7 Å². The molecule has 0 spiro atoms. The molecule has 2 rings (SSSR count). The van der Waals surface area contributed by atoms with E-state index in [9.17, 15) is 9.59 Å². The first-order valence-electron chi connectivity index (χ1n) is 9.00. The molecule has 0 unspecified atom stereocenters. The molecule has 3 N–H and O–H groups in total. The number of nitrogens with one attached hydrogen (secondary N) is 3. The van der Waals surface area contributed by atoms with E-state index in [-0.39, 0.29) is 11.9 Å². The molecule has 0 heterocycles. The Kier molecular flexibility index (Phi) is 7.59. The van der Waals surface area contributed by atoms with E-state index < -0.39 is 0 Å². The van der Waals surface area contributed by atoms with E-state index >= 15 is 0 Å². The Bertz CT molecular complexity index is 522. The van der Waals surface area contributed by atoms with Crippen molar-refractivity contribution in [3.05, 3.63) is 35.4 Å². The number of urea groups is 1. The van der Waals surface area contributed by atoms with Gasteiger partial charge in [-0.2, -0.15) is 0 Å². The molecule has 132 valence electrons. The number of amides is 3. The van der Waals surface area contributed by atoms with Crippen LogP contribution in [0, 0.1) is 6.92 Å². The molecular formula is C19H29N3O2. The molecule has 3 amide bonds. The number of benzene rings is 1. The highest BCUT2D eigenvalue weighted by Crippen LogP contribution is 2.17. The summed E-state index contributed by atoms with van der Waals surface area (Å²) in [7, 11) is 0. The largest absolute Gasteiger partial charge is 0.352 e. The molecule has 1 saturated carbocycles. The van der Waals surface area contributed by atoms with Gasteiger partial charge in [0.05, 0.1) is 0 Å². The van der Waals surface area contributed by atoms with Gasteiger partial charge in [-0.3, -0.25) is 4.79 Å². The molecule has 5 heteroatoms. The van der Waals surface area contributed by atoms with Crippen LogP contribution in [0.5, 0.6) is 0 Å². The van der Waals surface area contributed by atoms with Gasteiger partial charge in [0.15, 0.2) is 0 Å². The monoisotopic (exact) mass is 331 g/mol. The van der Waals surface area contributed by atoms with Crippen molar-refractivity contribution in [2.75, 3.05) is 6.54 Å². The Labute approximate surface area is 144 Å². The minimum absolute atomic E-state index is 0.0186. The molecule has 1 aliphatic rings. The van der Waals surface area contributed by atoms with E-state index in [0.29, 0.717) is 32.0 Å². The van der Waals surface area contributed by atoms with Crippen molar-refractivity contribution in [2.45, 2.75) is 64.5 Å². The van der Waals surface area contributed by atoms with E-state index in [4.69, 9.17) is 0 Å². The lowest BCUT2D eigenvalue weighted by atomic mass is 9.96. The normalized spacial score (nSPS) is 14.9. The van der Waals surface area contributed by atoms with Gasteiger partial charge < -0.3 is 16.0 Å². The molecule has 1 aromatic rings. The number of aryl methyl sites for hydroxylation is 1. The zero-order valence-electron chi connectivity index (χ0n) is 14.6. The van der Waals surface area contributed by atoms with E-state index in [1.807, 2.05) is 31.2 Å². The summed E-state index contributed by atoms with van der Waals surface area (Å²) in [5.74, 6) is 0.0186. The zero-order chi connectivity index (χ0) is 17.2. The highest BCUT2D eigenvalue weighted by Gasteiger charge is 2.15. The minimum Gasteiger partial charge on any atom is -0.352 e. The first-order valence-corrected chi connectivity index (χ1v) is 9.00. The minimum atomic E-state index is -0.109. The summed E-state index contributed by atoms with van der Waals surface area (Å²) in [5.41, 5.74) is 2.31. The van der Waals surface area contributed by atoms with Crippen LogP contribution >= 0.6 is 0 Å². The Morgan fingerprint density at radius 2 is 1.75 bits per heavy atom. The van der Waals surface area contributed by atoms with E-state index in [1.165, 1.54) is 24.8 Å². The summed E-state index contributed by atoms with van der Waals surface area (Å²) in [6.07, 6.45) is 6.91. The quantitative estimate of drug-likeness (QED) is 0.672. The standard InChI is InChI=1S/C19H29N3O2/c1-15-9-11-16(12-10-15)14-21-18(23)8-5-13-20-19(24)22-17-6-3-2-4-7-17/h9-12,17H,2-8,13-14H2,1H3,(H,21,23)(H2,20,22,24). The highest BCUT2D eigenvalue weighted by atomic mass is 16.2. The van der Waals surface area contributed by atoms with Crippen LogP contribution in [0.3, 0.4) is 0 Å². The van der Waals surface area contributed by atoms with Crippen molar-refractivity contribution < 1.29 is 9.59 Å². The lowest BCUT2D eigenvalue weighted by molar-refractivity contribution is -0.121. The fourth-order valence-corrected chi connectivity index (χ4v) is 2.93. The second-order valence-corrected chi connectivity index (χ2v) is 6.60. The summed E-state index contributed by atoms with van der Waals surface area (Å²) in [5, 5.41) is 8.75. The van der Waals surface area contributed by atoms with Crippen molar-refractivity contribution in [1.29, 1.82) is 0 Å². The third-order valence-electron chi connectivity index (χ3n) is 4.42. The first-order chi connectivity index (χ1) is 11.6. The van der Waals surface area contributed by atoms with E-state index in [2.05, 4.69) is 16.0 Å². The van der Waals surface area contributed by atoms with Gasteiger partial charge in [-0.15, -0.1) is 0 Å². The van der Waals surface area contributed by atoms with Gasteiger partial charge in [0.25, 0.3) is 0 Å². The fourth-order valence-electron chi connectivity index (χ4n) is 2.93. The summed E-state index contributed by atoms with van der Waals surface area (Å²) in [6, 6.07) is 8.32. The molecule has 0 aromatic heterocycles. The van der Waals surface area contributed by atoms with Crippen LogP contribution in [0.1, 0.15) is 56.1 Å². The first kappa shape index (κ1) is 18.3. The van der Waals surface area contributed by atoms with Gasteiger partial charge in [0, 0.05) is 25.6 Å². The van der Waals surface area contributed by atoms with Gasteiger partial charge in [0.1, 0.15) is 0 Å². The summed E-state index contributed by atoms with van der Waals surface area (Å²) < 4.78 is 0. The Morgan fingerprint density at radius 3 is 2.46 bits per heavy atom. The van der Waals surface area contributed by atoms with Crippen LogP contribution in [-0.4, -0.2) is 24.5 Å². The molecule has 0 radical (unpaired) electrons. The molecular weight excluding hydrogens is 302 g/mol. The number of hydrogen-bond acceptors (Lipinski definition) is 2. The number of hydrogen-bond donors (Lipinski definition) is 3. The maximum absolute atomic E-state index is 11.8. The molecule has 0 aliphatic heterocycles. The maximum Gasteiger partial charge on any atom is 0.315 e. The van der Waals surface area contributed by atoms with Crippen LogP contribution in [0.15, 0.2) is 24.3 Å². The van der Waals surface area contributed by atoms with Gasteiger partial charge in [-0.1, -0.05) is 49.1 Å². The topological polar surface area (TPSA) is 70.2 Å². The molecule has 0 saturated heterocycles. The lowest BCUT2D eigenvalue weighted by Crippen LogP contribution is -2.43. The lowest BCUT2D eigenvalue weighted by Gasteiger charge is -2.22. The Hall–Kier alpha value is -2.04. The molecule has 0 atom stereocenters. The SMILES string of the molecule is Cc1ccc(CNC(=O)CCCNC(=O)NC2CCCCC2)cc1. The highest BCUT2D eigenvalue weighted by molar-refractivity contribution is 5.76. The van der Waals surface area contributed by atoms with Gasteiger partial charge in [-0.25, -0.2) is 4.79 Å². The fraction of sp³-hybridized carbons (Fsp3) is 0.579. The second kappa shape index (κ2) is 9.96. The molecule has 24 heavy (non-hydrogen) atoms. The molecule has 1 fully saturated rings. The third-order valence-corrected chi connectivity index (χ3v) is 4.42. The van der Waals surface area contributed by atoms with Crippen molar-refractivity contribution in [2.24, 2.45) is 0 Å². The van der Waals surface area contributed by atoms with E-state index in [1.54, 1.807) is 0 Å². The predicted octanol–water partition coefficient (Wildman–Crippen LogP) is 3.02. The summed E-state index contributed by atoms with van der Waals surface area (Å²) in [6.45, 7) is 3.12. The van der Waals surface area contributed by atoms with Crippen molar-refractivity contribution in [3.63, 3.8) is 0 Å². The van der Waals surface area contributed by atoms with Crippen molar-refractivity contribution in [1.82, 2.24) is 16.0 Å². The number of rotatable bonds is 7. The smallest absolute Gasteiger partial charge is 0.315 e. The van der Waals surface area contributed by atoms with Crippen LogP contribution < -0.4 is 16.0 Å². The van der Waals surface area contributed by atoms with Crippen molar-refractivity contribution >= 4 is 11.9 Å². The maximum atomic E-state index is 11.8. The van der Waals surface area contributed by atoms with Crippen LogP contribution in [0.2, 0.25) is 0 Å². The molecule has 1 aliphatic carbocycles.